The quantitative estimate of drug-likeness (QED) is 0.336. The molecule has 0 radical (unpaired) electrons. The molecule has 1 aromatic heterocycles. The van der Waals surface area contributed by atoms with E-state index in [9.17, 15) is 14.4 Å². The Kier molecular flexibility index (Phi) is 6.84. The second kappa shape index (κ2) is 8.55. The maximum Gasteiger partial charge on any atom is 0.314 e. The lowest BCUT2D eigenvalue weighted by molar-refractivity contribution is -0.155. The summed E-state index contributed by atoms with van der Waals surface area (Å²) in [4.78, 5) is 36.4. The highest BCUT2D eigenvalue weighted by atomic mass is 79.9. The molecule has 1 aliphatic carbocycles. The van der Waals surface area contributed by atoms with Crippen molar-refractivity contribution in [1.82, 2.24) is 0 Å². The van der Waals surface area contributed by atoms with Gasteiger partial charge in [0.2, 0.25) is 0 Å². The molecule has 0 N–H and O–H groups in total. The fourth-order valence-corrected chi connectivity index (χ4v) is 3.97. The van der Waals surface area contributed by atoms with Crippen LogP contribution in [0.5, 0.6) is 0 Å². The van der Waals surface area contributed by atoms with E-state index in [1.165, 1.54) is 0 Å². The average molecular weight is 439 g/mol. The zero-order chi connectivity index (χ0) is 20.2. The Balaban J connectivity index is 1.95. The minimum Gasteiger partial charge on any atom is -0.472 e. The molecule has 0 aliphatic heterocycles. The molecule has 1 fully saturated rings. The van der Waals surface area contributed by atoms with Crippen LogP contribution in [-0.4, -0.2) is 23.1 Å². The molecule has 0 bridgehead atoms. The number of carbonyl (C=O) groups excluding carboxylic acids is 3. The van der Waals surface area contributed by atoms with Crippen molar-refractivity contribution in [2.24, 2.45) is 5.41 Å². The van der Waals surface area contributed by atoms with E-state index < -0.39 is 17.0 Å². The summed E-state index contributed by atoms with van der Waals surface area (Å²) in [5.74, 6) is -0.485. The molecule has 148 valence electrons. The van der Waals surface area contributed by atoms with Gasteiger partial charge in [0.25, 0.3) is 0 Å². The summed E-state index contributed by atoms with van der Waals surface area (Å²) in [5.41, 5.74) is -0.0398. The van der Waals surface area contributed by atoms with Gasteiger partial charge in [-0.1, -0.05) is 13.0 Å². The maximum absolute atomic E-state index is 12.5. The lowest BCUT2D eigenvalue weighted by Gasteiger charge is -2.29. The Morgan fingerprint density at radius 2 is 2.11 bits per heavy atom. The lowest BCUT2D eigenvalue weighted by atomic mass is 9.73. The molecular formula is C21H27BrO5. The zero-order valence-corrected chi connectivity index (χ0v) is 17.9. The van der Waals surface area contributed by atoms with Gasteiger partial charge >= 0.3 is 5.97 Å². The van der Waals surface area contributed by atoms with E-state index in [0.717, 1.165) is 12.0 Å². The fraction of sp³-hybridized carbons (Fsp3) is 0.571. The van der Waals surface area contributed by atoms with E-state index in [4.69, 9.17) is 9.15 Å². The van der Waals surface area contributed by atoms with Crippen LogP contribution in [-0.2, 0) is 19.1 Å². The number of hydrogen-bond acceptors (Lipinski definition) is 5. The van der Waals surface area contributed by atoms with Gasteiger partial charge in [0.1, 0.15) is 17.8 Å². The van der Waals surface area contributed by atoms with E-state index in [1.807, 2.05) is 13.0 Å². The maximum atomic E-state index is 12.5. The molecule has 0 saturated heterocycles. The number of Topliss-reactive ketones (excluding diaryl/α,β-unsaturated/α-hetero) is 2. The minimum absolute atomic E-state index is 0.133. The van der Waals surface area contributed by atoms with Gasteiger partial charge < -0.3 is 9.15 Å². The summed E-state index contributed by atoms with van der Waals surface area (Å²) in [7, 11) is 0. The Hall–Kier alpha value is -1.69. The third kappa shape index (κ3) is 5.64. The number of hydrogen-bond donors (Lipinski definition) is 0. The Bertz CT molecular complexity index is 726. The van der Waals surface area contributed by atoms with Gasteiger partial charge in [-0.2, -0.15) is 0 Å². The van der Waals surface area contributed by atoms with Crippen LogP contribution in [0.15, 0.2) is 33.6 Å². The number of allylic oxidation sites excluding steroid dienone is 2. The van der Waals surface area contributed by atoms with Crippen molar-refractivity contribution in [2.45, 2.75) is 71.3 Å². The molecule has 1 heterocycles. The van der Waals surface area contributed by atoms with Crippen molar-refractivity contribution in [3.63, 3.8) is 0 Å². The summed E-state index contributed by atoms with van der Waals surface area (Å²) in [6.07, 6.45) is 7.36. The predicted molar refractivity (Wildman–Crippen MR) is 106 cm³/mol. The van der Waals surface area contributed by atoms with Crippen LogP contribution >= 0.6 is 15.9 Å². The molecular weight excluding hydrogens is 412 g/mol. The molecule has 1 saturated carbocycles. The first kappa shape index (κ1) is 21.6. The molecule has 0 amide bonds. The van der Waals surface area contributed by atoms with Crippen LogP contribution in [0, 0.1) is 5.41 Å². The second-order valence-corrected chi connectivity index (χ2v) is 9.12. The van der Waals surface area contributed by atoms with E-state index in [2.05, 4.69) is 15.9 Å². The molecule has 1 aliphatic rings. The van der Waals surface area contributed by atoms with Crippen LogP contribution in [0.1, 0.15) is 71.3 Å². The molecule has 1 aromatic rings. The third-order valence-corrected chi connectivity index (χ3v) is 5.76. The van der Waals surface area contributed by atoms with Crippen molar-refractivity contribution >= 4 is 33.5 Å². The van der Waals surface area contributed by atoms with Crippen molar-refractivity contribution in [3.8, 4) is 0 Å². The van der Waals surface area contributed by atoms with Gasteiger partial charge in [-0.15, -0.1) is 0 Å². The van der Waals surface area contributed by atoms with Gasteiger partial charge in [-0.05, 0) is 73.5 Å². The SMILES string of the molecule is CC(C)(C)OC(=O)CC(=O)/C(Br)=C/CC[C@@]1(C)C(=O)CC[C@@H]1c1ccoc1. The van der Waals surface area contributed by atoms with E-state index in [1.54, 1.807) is 39.4 Å². The number of ketones is 2. The van der Waals surface area contributed by atoms with Crippen molar-refractivity contribution in [3.05, 3.63) is 34.7 Å². The summed E-state index contributed by atoms with van der Waals surface area (Å²) < 4.78 is 10.7. The number of halogens is 1. The highest BCUT2D eigenvalue weighted by Crippen LogP contribution is 2.49. The average Bonchev–Trinajstić information content (AvgIpc) is 3.15. The molecule has 2 rings (SSSR count). The van der Waals surface area contributed by atoms with E-state index >= 15 is 0 Å². The Morgan fingerprint density at radius 1 is 1.41 bits per heavy atom. The molecule has 5 nitrogen and oxygen atoms in total. The van der Waals surface area contributed by atoms with Gasteiger partial charge in [0, 0.05) is 11.8 Å². The number of esters is 1. The number of carbonyl (C=O) groups is 3. The van der Waals surface area contributed by atoms with E-state index in [0.29, 0.717) is 23.7 Å². The number of rotatable bonds is 7. The van der Waals surface area contributed by atoms with Crippen LogP contribution in [0.25, 0.3) is 0 Å². The Morgan fingerprint density at radius 3 is 2.70 bits per heavy atom. The van der Waals surface area contributed by atoms with Crippen molar-refractivity contribution < 1.29 is 23.5 Å². The predicted octanol–water partition coefficient (Wildman–Crippen LogP) is 5.09. The molecule has 6 heteroatoms. The monoisotopic (exact) mass is 438 g/mol. The van der Waals surface area contributed by atoms with Gasteiger partial charge in [0.05, 0.1) is 17.0 Å². The molecule has 0 aromatic carbocycles. The zero-order valence-electron chi connectivity index (χ0n) is 16.3. The lowest BCUT2D eigenvalue weighted by Crippen LogP contribution is -2.27. The molecule has 27 heavy (non-hydrogen) atoms. The summed E-state index contributed by atoms with van der Waals surface area (Å²) in [6, 6.07) is 1.91. The van der Waals surface area contributed by atoms with Gasteiger partial charge in [-0.3, -0.25) is 14.4 Å². The normalized spacial score (nSPS) is 23.5. The highest BCUT2D eigenvalue weighted by Gasteiger charge is 2.46. The Labute approximate surface area is 168 Å². The first-order chi connectivity index (χ1) is 12.5. The topological polar surface area (TPSA) is 73.6 Å². The minimum atomic E-state index is -0.618. The standard InChI is InChI=1S/C21H27BrO5/c1-20(2,3)27-19(25)12-17(23)16(22)6-5-10-21(4)15(7-8-18(21)24)14-9-11-26-13-14/h6,9,11,13,15H,5,7-8,10,12H2,1-4H3/b16-6-/t15-,21-/m1/s1. The first-order valence-corrected chi connectivity index (χ1v) is 9.98. The van der Waals surface area contributed by atoms with Crippen LogP contribution in [0.4, 0.5) is 0 Å². The first-order valence-electron chi connectivity index (χ1n) is 9.19. The number of ether oxygens (including phenoxy) is 1. The van der Waals surface area contributed by atoms with Crippen LogP contribution in [0.3, 0.4) is 0 Å². The van der Waals surface area contributed by atoms with Crippen molar-refractivity contribution in [1.29, 1.82) is 0 Å². The molecule has 2 atom stereocenters. The summed E-state index contributed by atoms with van der Waals surface area (Å²) >= 11 is 3.25. The fourth-order valence-electron chi connectivity index (χ4n) is 3.60. The molecule has 0 spiro atoms. The molecule has 0 unspecified atom stereocenters. The summed E-state index contributed by atoms with van der Waals surface area (Å²) in [5, 5.41) is 0. The van der Waals surface area contributed by atoms with Crippen LogP contribution in [0.2, 0.25) is 0 Å². The second-order valence-electron chi connectivity index (χ2n) is 8.27. The number of furan rings is 1. The van der Waals surface area contributed by atoms with Gasteiger partial charge in [-0.25, -0.2) is 0 Å². The largest absolute Gasteiger partial charge is 0.472 e. The van der Waals surface area contributed by atoms with Gasteiger partial charge in [0.15, 0.2) is 5.78 Å². The van der Waals surface area contributed by atoms with Crippen molar-refractivity contribution in [2.75, 3.05) is 0 Å². The highest BCUT2D eigenvalue weighted by molar-refractivity contribution is 9.12. The third-order valence-electron chi connectivity index (χ3n) is 4.99. The smallest absolute Gasteiger partial charge is 0.314 e. The summed E-state index contributed by atoms with van der Waals surface area (Å²) in [6.45, 7) is 7.27. The van der Waals surface area contributed by atoms with E-state index in [-0.39, 0.29) is 23.9 Å². The van der Waals surface area contributed by atoms with Crippen LogP contribution < -0.4 is 0 Å².